The third-order valence-corrected chi connectivity index (χ3v) is 4.14. The highest BCUT2D eigenvalue weighted by Crippen LogP contribution is 2.27. The summed E-state index contributed by atoms with van der Waals surface area (Å²) in [6, 6.07) is 16.6. The summed E-state index contributed by atoms with van der Waals surface area (Å²) in [5.74, 6) is 1.35. The van der Waals surface area contributed by atoms with E-state index in [1.807, 2.05) is 18.2 Å². The molecule has 0 heterocycles. The van der Waals surface area contributed by atoms with Crippen molar-refractivity contribution in [3.63, 3.8) is 0 Å². The summed E-state index contributed by atoms with van der Waals surface area (Å²) in [4.78, 5) is 1.17. The van der Waals surface area contributed by atoms with Gasteiger partial charge in [-0.1, -0.05) is 43.3 Å². The highest BCUT2D eigenvalue weighted by Gasteiger charge is 2.04. The molecule has 2 N–H and O–H groups in total. The second-order valence-corrected chi connectivity index (χ2v) is 5.67. The zero-order chi connectivity index (χ0) is 14.4. The van der Waals surface area contributed by atoms with Gasteiger partial charge in [0.2, 0.25) is 0 Å². The Morgan fingerprint density at radius 3 is 2.45 bits per heavy atom. The van der Waals surface area contributed by atoms with Crippen molar-refractivity contribution in [2.45, 2.75) is 24.3 Å². The van der Waals surface area contributed by atoms with E-state index in [1.54, 1.807) is 11.8 Å². The maximum Gasteiger partial charge on any atom is 0.133 e. The van der Waals surface area contributed by atoms with Gasteiger partial charge in [0.15, 0.2) is 0 Å². The molecule has 0 fully saturated rings. The first-order chi connectivity index (χ1) is 9.74. The molecule has 2 aromatic carbocycles. The molecule has 2 nitrogen and oxygen atoms in total. The number of thioether (sulfide) groups is 1. The lowest BCUT2D eigenvalue weighted by Gasteiger charge is -2.12. The van der Waals surface area contributed by atoms with Crippen LogP contribution in [0.3, 0.4) is 0 Å². The molecular weight excluding hydrogens is 266 g/mol. The minimum atomic E-state index is 0.405. The first-order valence-electron chi connectivity index (χ1n) is 6.79. The van der Waals surface area contributed by atoms with Crippen molar-refractivity contribution in [3.8, 4) is 5.75 Å². The third-order valence-electron chi connectivity index (χ3n) is 3.37. The van der Waals surface area contributed by atoms with E-state index >= 15 is 0 Å². The molecule has 2 rings (SSSR count). The molecule has 20 heavy (non-hydrogen) atoms. The highest BCUT2D eigenvalue weighted by molar-refractivity contribution is 7.98. The first kappa shape index (κ1) is 14.9. The Hall–Kier alpha value is -1.45. The Bertz CT molecular complexity index is 539. The van der Waals surface area contributed by atoms with Crippen molar-refractivity contribution >= 4 is 11.8 Å². The van der Waals surface area contributed by atoms with Crippen molar-refractivity contribution in [2.24, 2.45) is 5.73 Å². The summed E-state index contributed by atoms with van der Waals surface area (Å²) in [6.45, 7) is 3.41. The van der Waals surface area contributed by atoms with Crippen molar-refractivity contribution in [1.29, 1.82) is 0 Å². The van der Waals surface area contributed by atoms with E-state index in [0.29, 0.717) is 19.1 Å². The predicted octanol–water partition coefficient (Wildman–Crippen LogP) is 4.05. The number of ether oxygens (including phenoxy) is 1. The molecule has 0 radical (unpaired) electrons. The minimum absolute atomic E-state index is 0.405. The Morgan fingerprint density at radius 1 is 1.10 bits per heavy atom. The summed E-state index contributed by atoms with van der Waals surface area (Å²) in [5.41, 5.74) is 8.14. The molecule has 0 spiro atoms. The molecule has 0 amide bonds. The van der Waals surface area contributed by atoms with Gasteiger partial charge in [-0.3, -0.25) is 0 Å². The van der Waals surface area contributed by atoms with Crippen LogP contribution in [0.1, 0.15) is 24.0 Å². The number of rotatable bonds is 6. The zero-order valence-corrected chi connectivity index (χ0v) is 12.8. The lowest BCUT2D eigenvalue weighted by atomic mass is 10.0. The van der Waals surface area contributed by atoms with Gasteiger partial charge in [-0.2, -0.15) is 0 Å². The molecule has 0 aromatic heterocycles. The Morgan fingerprint density at radius 2 is 1.80 bits per heavy atom. The number of hydrogen-bond acceptors (Lipinski definition) is 3. The Balaban J connectivity index is 2.00. The fraction of sp³-hybridized carbons (Fsp3) is 0.294. The van der Waals surface area contributed by atoms with Crippen LogP contribution in [0, 0.1) is 0 Å². The van der Waals surface area contributed by atoms with Gasteiger partial charge in [-0.15, -0.1) is 11.8 Å². The second kappa shape index (κ2) is 7.36. The molecule has 0 bridgehead atoms. The minimum Gasteiger partial charge on any atom is -0.488 e. The van der Waals surface area contributed by atoms with Crippen LogP contribution in [-0.4, -0.2) is 12.8 Å². The Kier molecular flexibility index (Phi) is 5.50. The van der Waals surface area contributed by atoms with E-state index < -0.39 is 0 Å². The van der Waals surface area contributed by atoms with E-state index in [-0.39, 0.29) is 0 Å². The average Bonchev–Trinajstić information content (AvgIpc) is 2.53. The number of hydrogen-bond donors (Lipinski definition) is 1. The average molecular weight is 287 g/mol. The monoisotopic (exact) mass is 287 g/mol. The first-order valence-corrected chi connectivity index (χ1v) is 8.01. The van der Waals surface area contributed by atoms with Crippen LogP contribution in [0.2, 0.25) is 0 Å². The lowest BCUT2D eigenvalue weighted by molar-refractivity contribution is 0.299. The molecule has 0 aliphatic rings. The molecule has 1 atom stereocenters. The summed E-state index contributed by atoms with van der Waals surface area (Å²) in [6.07, 6.45) is 2.06. The SMILES string of the molecule is CSc1ccccc1OCc1ccc(C(C)CN)cc1. The van der Waals surface area contributed by atoms with Crippen LogP contribution in [0.4, 0.5) is 0 Å². The summed E-state index contributed by atoms with van der Waals surface area (Å²) in [7, 11) is 0. The van der Waals surface area contributed by atoms with Gasteiger partial charge in [-0.25, -0.2) is 0 Å². The Labute approximate surface area is 125 Å². The van der Waals surface area contributed by atoms with Gasteiger partial charge >= 0.3 is 0 Å². The number of benzene rings is 2. The second-order valence-electron chi connectivity index (χ2n) is 4.82. The van der Waals surface area contributed by atoms with Crippen LogP contribution in [-0.2, 0) is 6.61 Å². The lowest BCUT2D eigenvalue weighted by Crippen LogP contribution is -2.08. The highest BCUT2D eigenvalue weighted by atomic mass is 32.2. The zero-order valence-electron chi connectivity index (χ0n) is 12.0. The van der Waals surface area contributed by atoms with Crippen LogP contribution < -0.4 is 10.5 Å². The van der Waals surface area contributed by atoms with E-state index in [0.717, 1.165) is 5.75 Å². The van der Waals surface area contributed by atoms with Crippen molar-refractivity contribution < 1.29 is 4.74 Å². The molecule has 0 saturated carbocycles. The van der Waals surface area contributed by atoms with E-state index in [9.17, 15) is 0 Å². The quantitative estimate of drug-likeness (QED) is 0.814. The molecule has 3 heteroatoms. The molecule has 1 unspecified atom stereocenters. The van der Waals surface area contributed by atoms with Crippen molar-refractivity contribution in [1.82, 2.24) is 0 Å². The summed E-state index contributed by atoms with van der Waals surface area (Å²) in [5, 5.41) is 0. The van der Waals surface area contributed by atoms with Gasteiger partial charge in [0, 0.05) is 4.90 Å². The maximum absolute atomic E-state index is 5.90. The van der Waals surface area contributed by atoms with E-state index in [4.69, 9.17) is 10.5 Å². The molecule has 0 aliphatic heterocycles. The molecule has 0 saturated heterocycles. The topological polar surface area (TPSA) is 35.2 Å². The molecule has 0 aliphatic carbocycles. The van der Waals surface area contributed by atoms with Crippen LogP contribution in [0.25, 0.3) is 0 Å². The third kappa shape index (κ3) is 3.78. The molecule has 2 aromatic rings. The van der Waals surface area contributed by atoms with Crippen LogP contribution >= 0.6 is 11.8 Å². The fourth-order valence-electron chi connectivity index (χ4n) is 1.98. The van der Waals surface area contributed by atoms with Gasteiger partial charge in [0.1, 0.15) is 12.4 Å². The van der Waals surface area contributed by atoms with Gasteiger partial charge < -0.3 is 10.5 Å². The maximum atomic E-state index is 5.90. The predicted molar refractivity (Wildman–Crippen MR) is 86.5 cm³/mol. The van der Waals surface area contributed by atoms with E-state index in [2.05, 4.69) is 43.5 Å². The normalized spacial score (nSPS) is 12.2. The van der Waals surface area contributed by atoms with Crippen LogP contribution in [0.15, 0.2) is 53.4 Å². The van der Waals surface area contributed by atoms with Gasteiger partial charge in [0.05, 0.1) is 0 Å². The smallest absolute Gasteiger partial charge is 0.133 e. The summed E-state index contributed by atoms with van der Waals surface area (Å²) >= 11 is 1.70. The molecular formula is C17H21NOS. The van der Waals surface area contributed by atoms with Crippen molar-refractivity contribution in [2.75, 3.05) is 12.8 Å². The van der Waals surface area contributed by atoms with Gasteiger partial charge in [-0.05, 0) is 42.0 Å². The number of nitrogens with two attached hydrogens (primary N) is 1. The number of para-hydroxylation sites is 1. The van der Waals surface area contributed by atoms with E-state index in [1.165, 1.54) is 16.0 Å². The standard InChI is InChI=1S/C17H21NOS/c1-13(11-18)15-9-7-14(8-10-15)12-19-16-5-3-4-6-17(16)20-2/h3-10,13H,11-12,18H2,1-2H3. The molecule has 106 valence electrons. The fourth-order valence-corrected chi connectivity index (χ4v) is 2.52. The van der Waals surface area contributed by atoms with Crippen molar-refractivity contribution in [3.05, 3.63) is 59.7 Å². The largest absolute Gasteiger partial charge is 0.488 e. The summed E-state index contributed by atoms with van der Waals surface area (Å²) < 4.78 is 5.90. The van der Waals surface area contributed by atoms with Gasteiger partial charge in [0.25, 0.3) is 0 Å². The van der Waals surface area contributed by atoms with Crippen LogP contribution in [0.5, 0.6) is 5.75 Å².